The molecule has 2 aromatic carbocycles. The third-order valence-electron chi connectivity index (χ3n) is 4.15. The number of benzene rings is 2. The van der Waals surface area contributed by atoms with E-state index in [9.17, 15) is 14.4 Å². The van der Waals surface area contributed by atoms with Gasteiger partial charge in [-0.2, -0.15) is 0 Å². The highest BCUT2D eigenvalue weighted by molar-refractivity contribution is 6.27. The van der Waals surface area contributed by atoms with E-state index < -0.39 is 11.7 Å². The monoisotopic (exact) mass is 380 g/mol. The average molecular weight is 380 g/mol. The third-order valence-corrected chi connectivity index (χ3v) is 4.15. The molecule has 144 valence electrons. The van der Waals surface area contributed by atoms with Gasteiger partial charge in [-0.05, 0) is 12.1 Å². The molecule has 0 radical (unpaired) electrons. The molecule has 1 aliphatic carbocycles. The van der Waals surface area contributed by atoms with Gasteiger partial charge >= 0.3 is 0 Å². The summed E-state index contributed by atoms with van der Waals surface area (Å²) in [5, 5.41) is 5.41. The van der Waals surface area contributed by atoms with Crippen molar-refractivity contribution in [1.29, 1.82) is 0 Å². The highest BCUT2D eigenvalue weighted by Crippen LogP contribution is 2.26. The van der Waals surface area contributed by atoms with E-state index in [1.54, 1.807) is 43.5 Å². The van der Waals surface area contributed by atoms with Gasteiger partial charge in [0.25, 0.3) is 0 Å². The molecule has 0 heterocycles. The molecule has 7 heteroatoms. The SMILES string of the molecule is COc1ccccc1OCCNC1=C(NC(C)=O)C(=O)c2ccccc2C1=O. The van der Waals surface area contributed by atoms with Crippen LogP contribution in [0.15, 0.2) is 59.9 Å². The van der Waals surface area contributed by atoms with Crippen molar-refractivity contribution in [1.82, 2.24) is 10.6 Å². The summed E-state index contributed by atoms with van der Waals surface area (Å²) in [5.74, 6) is -0.0207. The van der Waals surface area contributed by atoms with Gasteiger partial charge in [-0.15, -0.1) is 0 Å². The Kier molecular flexibility index (Phi) is 5.74. The molecule has 7 nitrogen and oxygen atoms in total. The standard InChI is InChI=1S/C21H20N2O5/c1-13(24)23-19-18(20(25)14-7-3-4-8-15(14)21(19)26)22-11-12-28-17-10-6-5-9-16(17)27-2/h3-10,22H,11-12H2,1-2H3,(H,23,24). The Hall–Kier alpha value is -3.61. The fourth-order valence-electron chi connectivity index (χ4n) is 2.91. The van der Waals surface area contributed by atoms with Crippen molar-refractivity contribution in [3.05, 3.63) is 71.1 Å². The molecule has 0 fully saturated rings. The number of ether oxygens (including phenoxy) is 2. The van der Waals surface area contributed by atoms with Gasteiger partial charge in [0.2, 0.25) is 17.5 Å². The van der Waals surface area contributed by atoms with Crippen LogP contribution in [-0.4, -0.2) is 37.7 Å². The van der Waals surface area contributed by atoms with E-state index in [0.717, 1.165) is 0 Å². The largest absolute Gasteiger partial charge is 0.493 e. The first kappa shape index (κ1) is 19.2. The number of ketones is 2. The molecule has 0 aromatic heterocycles. The molecule has 0 spiro atoms. The van der Waals surface area contributed by atoms with Crippen molar-refractivity contribution in [3.8, 4) is 11.5 Å². The van der Waals surface area contributed by atoms with E-state index in [-0.39, 0.29) is 35.9 Å². The summed E-state index contributed by atoms with van der Waals surface area (Å²) in [6, 6.07) is 13.7. The van der Waals surface area contributed by atoms with Crippen LogP contribution in [0.1, 0.15) is 27.6 Å². The molecule has 0 aliphatic heterocycles. The summed E-state index contributed by atoms with van der Waals surface area (Å²) in [7, 11) is 1.55. The number of carbonyl (C=O) groups excluding carboxylic acids is 3. The maximum atomic E-state index is 12.8. The first-order valence-electron chi connectivity index (χ1n) is 8.73. The molecule has 2 N–H and O–H groups in total. The summed E-state index contributed by atoms with van der Waals surface area (Å²) >= 11 is 0. The van der Waals surface area contributed by atoms with E-state index in [4.69, 9.17) is 9.47 Å². The molecular weight excluding hydrogens is 360 g/mol. The van der Waals surface area contributed by atoms with Gasteiger partial charge in [0.15, 0.2) is 11.5 Å². The van der Waals surface area contributed by atoms with Crippen LogP contribution in [0.2, 0.25) is 0 Å². The lowest BCUT2D eigenvalue weighted by Crippen LogP contribution is -2.38. The third kappa shape index (κ3) is 3.88. The maximum absolute atomic E-state index is 12.8. The van der Waals surface area contributed by atoms with Gasteiger partial charge < -0.3 is 20.1 Å². The number of hydrogen-bond donors (Lipinski definition) is 2. The number of allylic oxidation sites excluding steroid dienone is 2. The molecule has 0 atom stereocenters. The zero-order valence-electron chi connectivity index (χ0n) is 15.6. The first-order valence-corrected chi connectivity index (χ1v) is 8.73. The minimum absolute atomic E-state index is 0.0477. The zero-order chi connectivity index (χ0) is 20.1. The van der Waals surface area contributed by atoms with Gasteiger partial charge in [0, 0.05) is 24.6 Å². The number of hydrogen-bond acceptors (Lipinski definition) is 6. The molecule has 1 aliphatic rings. The molecule has 28 heavy (non-hydrogen) atoms. The Balaban J connectivity index is 1.76. The van der Waals surface area contributed by atoms with Crippen molar-refractivity contribution < 1.29 is 23.9 Å². The van der Waals surface area contributed by atoms with E-state index in [0.29, 0.717) is 17.1 Å². The van der Waals surface area contributed by atoms with Crippen molar-refractivity contribution in [2.75, 3.05) is 20.3 Å². The number of fused-ring (bicyclic) bond motifs is 1. The van der Waals surface area contributed by atoms with Crippen LogP contribution in [0.3, 0.4) is 0 Å². The quantitative estimate of drug-likeness (QED) is 0.715. The smallest absolute Gasteiger partial charge is 0.221 e. The lowest BCUT2D eigenvalue weighted by molar-refractivity contribution is -0.118. The molecule has 0 unspecified atom stereocenters. The van der Waals surface area contributed by atoms with Crippen LogP contribution < -0.4 is 20.1 Å². The first-order chi connectivity index (χ1) is 13.5. The fourth-order valence-corrected chi connectivity index (χ4v) is 2.91. The Bertz CT molecular complexity index is 965. The normalized spacial score (nSPS) is 13.1. The van der Waals surface area contributed by atoms with Crippen LogP contribution >= 0.6 is 0 Å². The number of rotatable bonds is 7. The number of methoxy groups -OCH3 is 1. The number of Topliss-reactive ketones (excluding diaryl/α,β-unsaturated/α-hetero) is 2. The highest BCUT2D eigenvalue weighted by Gasteiger charge is 2.32. The summed E-state index contributed by atoms with van der Waals surface area (Å²) in [6.45, 7) is 1.76. The average Bonchev–Trinajstić information content (AvgIpc) is 2.71. The minimum atomic E-state index is -0.430. The number of amides is 1. The van der Waals surface area contributed by atoms with Crippen molar-refractivity contribution >= 4 is 17.5 Å². The van der Waals surface area contributed by atoms with Gasteiger partial charge in [0.05, 0.1) is 7.11 Å². The lowest BCUT2D eigenvalue weighted by Gasteiger charge is -2.22. The summed E-state index contributed by atoms with van der Waals surface area (Å²) in [6.07, 6.45) is 0. The van der Waals surface area contributed by atoms with Crippen molar-refractivity contribution in [2.24, 2.45) is 0 Å². The van der Waals surface area contributed by atoms with E-state index in [2.05, 4.69) is 10.6 Å². The minimum Gasteiger partial charge on any atom is -0.493 e. The second kappa shape index (κ2) is 8.39. The van der Waals surface area contributed by atoms with Gasteiger partial charge in [-0.25, -0.2) is 0 Å². The summed E-state index contributed by atoms with van der Waals surface area (Å²) < 4.78 is 10.9. The van der Waals surface area contributed by atoms with Crippen molar-refractivity contribution in [2.45, 2.75) is 6.92 Å². The van der Waals surface area contributed by atoms with E-state index in [1.165, 1.54) is 6.92 Å². The molecule has 1 amide bonds. The Morgan fingerprint density at radius 2 is 1.46 bits per heavy atom. The fraction of sp³-hybridized carbons (Fsp3) is 0.190. The summed E-state index contributed by atoms with van der Waals surface area (Å²) in [5.41, 5.74) is 0.581. The second-order valence-electron chi connectivity index (χ2n) is 6.06. The maximum Gasteiger partial charge on any atom is 0.221 e. The molecule has 2 aromatic rings. The predicted octanol–water partition coefficient (Wildman–Crippen LogP) is 2.09. The number of carbonyl (C=O) groups is 3. The topological polar surface area (TPSA) is 93.7 Å². The lowest BCUT2D eigenvalue weighted by atomic mass is 9.90. The van der Waals surface area contributed by atoms with Crippen LogP contribution in [0.4, 0.5) is 0 Å². The molecular formula is C21H20N2O5. The number of nitrogens with one attached hydrogen (secondary N) is 2. The zero-order valence-corrected chi connectivity index (χ0v) is 15.6. The van der Waals surface area contributed by atoms with Crippen molar-refractivity contribution in [3.63, 3.8) is 0 Å². The second-order valence-corrected chi connectivity index (χ2v) is 6.06. The van der Waals surface area contributed by atoms with Gasteiger partial charge in [0.1, 0.15) is 18.0 Å². The van der Waals surface area contributed by atoms with Gasteiger partial charge in [-0.1, -0.05) is 36.4 Å². The van der Waals surface area contributed by atoms with Crippen LogP contribution in [0.25, 0.3) is 0 Å². The Labute approximate surface area is 162 Å². The predicted molar refractivity (Wildman–Crippen MR) is 102 cm³/mol. The van der Waals surface area contributed by atoms with E-state index >= 15 is 0 Å². The van der Waals surface area contributed by atoms with Gasteiger partial charge in [-0.3, -0.25) is 14.4 Å². The molecule has 0 saturated heterocycles. The van der Waals surface area contributed by atoms with E-state index in [1.807, 2.05) is 12.1 Å². The highest BCUT2D eigenvalue weighted by atomic mass is 16.5. The Morgan fingerprint density at radius 3 is 2.07 bits per heavy atom. The van der Waals surface area contributed by atoms with Crippen LogP contribution in [-0.2, 0) is 4.79 Å². The molecule has 0 saturated carbocycles. The number of para-hydroxylation sites is 2. The molecule has 3 rings (SSSR count). The molecule has 0 bridgehead atoms. The Morgan fingerprint density at radius 1 is 0.893 bits per heavy atom. The summed E-state index contributed by atoms with van der Waals surface area (Å²) in [4.78, 5) is 37.1. The van der Waals surface area contributed by atoms with Crippen LogP contribution in [0, 0.1) is 0 Å². The van der Waals surface area contributed by atoms with Crippen LogP contribution in [0.5, 0.6) is 11.5 Å².